The van der Waals surface area contributed by atoms with Crippen LogP contribution in [-0.2, 0) is 29.0 Å². The molecule has 1 amide bonds. The molecule has 0 spiro atoms. The Morgan fingerprint density at radius 3 is 2.50 bits per heavy atom. The molecular formula is C16H25N3O3. The number of fused-ring (bicyclic) bond motifs is 1. The molecule has 0 saturated carbocycles. The van der Waals surface area contributed by atoms with Crippen molar-refractivity contribution in [3.8, 4) is 0 Å². The predicted molar refractivity (Wildman–Crippen MR) is 82.4 cm³/mol. The quantitative estimate of drug-likeness (QED) is 0.801. The van der Waals surface area contributed by atoms with Gasteiger partial charge in [0.05, 0.1) is 6.61 Å². The molecular weight excluding hydrogens is 282 g/mol. The number of aromatic nitrogens is 2. The van der Waals surface area contributed by atoms with E-state index in [4.69, 9.17) is 4.74 Å². The summed E-state index contributed by atoms with van der Waals surface area (Å²) >= 11 is 0. The number of rotatable bonds is 3. The number of esters is 1. The minimum atomic E-state index is -0.428. The molecule has 1 aliphatic heterocycles. The van der Waals surface area contributed by atoms with Gasteiger partial charge in [-0.05, 0) is 13.8 Å². The van der Waals surface area contributed by atoms with E-state index in [2.05, 4.69) is 5.10 Å². The lowest BCUT2D eigenvalue weighted by Crippen LogP contribution is -2.42. The van der Waals surface area contributed by atoms with Crippen LogP contribution in [0, 0.1) is 5.41 Å². The zero-order valence-electron chi connectivity index (χ0n) is 14.1. The number of hydrogen-bond donors (Lipinski definition) is 0. The summed E-state index contributed by atoms with van der Waals surface area (Å²) in [7, 11) is 0. The Morgan fingerprint density at radius 2 is 1.95 bits per heavy atom. The second-order valence-electron chi connectivity index (χ2n) is 6.54. The van der Waals surface area contributed by atoms with Gasteiger partial charge < -0.3 is 9.64 Å². The molecule has 22 heavy (non-hydrogen) atoms. The fourth-order valence-corrected chi connectivity index (χ4v) is 2.76. The molecule has 6 heteroatoms. The summed E-state index contributed by atoms with van der Waals surface area (Å²) in [6.07, 6.45) is 0.720. The van der Waals surface area contributed by atoms with E-state index in [-0.39, 0.29) is 5.91 Å². The van der Waals surface area contributed by atoms with Gasteiger partial charge in [-0.15, -0.1) is 0 Å². The molecule has 0 atom stereocenters. The van der Waals surface area contributed by atoms with Crippen LogP contribution in [0.4, 0.5) is 0 Å². The van der Waals surface area contributed by atoms with E-state index in [1.807, 2.05) is 37.3 Å². The van der Waals surface area contributed by atoms with Crippen molar-refractivity contribution in [2.45, 2.75) is 54.1 Å². The molecule has 0 N–H and O–H groups in total. The monoisotopic (exact) mass is 307 g/mol. The van der Waals surface area contributed by atoms with Crippen molar-refractivity contribution in [2.75, 3.05) is 13.2 Å². The Kier molecular flexibility index (Phi) is 4.58. The first-order chi connectivity index (χ1) is 10.3. The number of hydrogen-bond acceptors (Lipinski definition) is 4. The molecule has 6 nitrogen and oxygen atoms in total. The van der Waals surface area contributed by atoms with Crippen molar-refractivity contribution < 1.29 is 14.3 Å². The second-order valence-corrected chi connectivity index (χ2v) is 6.54. The maximum Gasteiger partial charge on any atom is 0.359 e. The first-order valence-corrected chi connectivity index (χ1v) is 7.84. The molecule has 1 aliphatic rings. The highest BCUT2D eigenvalue weighted by atomic mass is 16.5. The van der Waals surface area contributed by atoms with Crippen molar-refractivity contribution in [1.29, 1.82) is 0 Å². The van der Waals surface area contributed by atoms with Gasteiger partial charge in [-0.3, -0.25) is 9.48 Å². The zero-order valence-corrected chi connectivity index (χ0v) is 14.1. The van der Waals surface area contributed by atoms with Crippen LogP contribution in [0.1, 0.15) is 56.4 Å². The molecule has 2 rings (SSSR count). The highest BCUT2D eigenvalue weighted by molar-refractivity contribution is 5.90. The SMILES string of the molecule is CCOC(=O)c1nn(CC)c2c1CN(C(=O)C(C)(C)C)CC2. The summed E-state index contributed by atoms with van der Waals surface area (Å²) in [4.78, 5) is 26.4. The Bertz CT molecular complexity index is 584. The predicted octanol–water partition coefficient (Wildman–Crippen LogP) is 2.01. The number of carbonyl (C=O) groups excluding carboxylic acids is 2. The topological polar surface area (TPSA) is 64.4 Å². The van der Waals surface area contributed by atoms with Crippen LogP contribution in [0.5, 0.6) is 0 Å². The normalized spacial score (nSPS) is 14.7. The van der Waals surface area contributed by atoms with Crippen molar-refractivity contribution in [3.05, 3.63) is 17.0 Å². The highest BCUT2D eigenvalue weighted by Gasteiger charge is 2.34. The van der Waals surface area contributed by atoms with Crippen LogP contribution in [0.15, 0.2) is 0 Å². The highest BCUT2D eigenvalue weighted by Crippen LogP contribution is 2.27. The first kappa shape index (κ1) is 16.5. The lowest BCUT2D eigenvalue weighted by molar-refractivity contribution is -0.140. The van der Waals surface area contributed by atoms with Gasteiger partial charge in [-0.1, -0.05) is 20.8 Å². The Morgan fingerprint density at radius 1 is 1.27 bits per heavy atom. The largest absolute Gasteiger partial charge is 0.461 e. The Hall–Kier alpha value is -1.85. The Labute approximate surface area is 131 Å². The first-order valence-electron chi connectivity index (χ1n) is 7.84. The van der Waals surface area contributed by atoms with Gasteiger partial charge in [0, 0.05) is 42.7 Å². The number of ether oxygens (including phenoxy) is 1. The van der Waals surface area contributed by atoms with Crippen molar-refractivity contribution in [1.82, 2.24) is 14.7 Å². The Balaban J connectivity index is 2.35. The summed E-state index contributed by atoms with van der Waals surface area (Å²) < 4.78 is 6.94. The van der Waals surface area contributed by atoms with Crippen LogP contribution >= 0.6 is 0 Å². The van der Waals surface area contributed by atoms with Crippen molar-refractivity contribution >= 4 is 11.9 Å². The molecule has 0 aliphatic carbocycles. The second kappa shape index (κ2) is 6.10. The van der Waals surface area contributed by atoms with E-state index in [9.17, 15) is 9.59 Å². The smallest absolute Gasteiger partial charge is 0.359 e. The molecule has 0 aromatic carbocycles. The number of carbonyl (C=O) groups is 2. The molecule has 0 radical (unpaired) electrons. The lowest BCUT2D eigenvalue weighted by Gasteiger charge is -2.32. The van der Waals surface area contributed by atoms with Crippen molar-refractivity contribution in [3.63, 3.8) is 0 Å². The third kappa shape index (κ3) is 3.00. The van der Waals surface area contributed by atoms with Gasteiger partial charge in [0.1, 0.15) is 0 Å². The molecule has 0 fully saturated rings. The molecule has 0 unspecified atom stereocenters. The van der Waals surface area contributed by atoms with E-state index in [0.717, 1.165) is 17.7 Å². The molecule has 0 saturated heterocycles. The van der Waals surface area contributed by atoms with Crippen LogP contribution in [-0.4, -0.2) is 39.7 Å². The maximum atomic E-state index is 12.5. The molecule has 1 aromatic heterocycles. The van der Waals surface area contributed by atoms with Crippen LogP contribution < -0.4 is 0 Å². The zero-order chi connectivity index (χ0) is 16.5. The van der Waals surface area contributed by atoms with Gasteiger partial charge in [-0.25, -0.2) is 4.79 Å². The molecule has 0 bridgehead atoms. The van der Waals surface area contributed by atoms with Crippen LogP contribution in [0.2, 0.25) is 0 Å². The standard InChI is InChI=1S/C16H25N3O3/c1-6-19-12-8-9-18(15(21)16(3,4)5)10-11(12)13(17-19)14(20)22-7-2/h6-10H2,1-5H3. The maximum absolute atomic E-state index is 12.5. The average molecular weight is 307 g/mol. The van der Waals surface area contributed by atoms with Crippen LogP contribution in [0.3, 0.4) is 0 Å². The minimum Gasteiger partial charge on any atom is -0.461 e. The van der Waals surface area contributed by atoms with Gasteiger partial charge in [0.25, 0.3) is 0 Å². The van der Waals surface area contributed by atoms with Crippen molar-refractivity contribution in [2.24, 2.45) is 5.41 Å². The number of amides is 1. The van der Waals surface area contributed by atoms with E-state index < -0.39 is 11.4 Å². The lowest BCUT2D eigenvalue weighted by atomic mass is 9.93. The third-order valence-corrected chi connectivity index (χ3v) is 3.83. The average Bonchev–Trinajstić information content (AvgIpc) is 2.83. The van der Waals surface area contributed by atoms with Gasteiger partial charge >= 0.3 is 5.97 Å². The van der Waals surface area contributed by atoms with Gasteiger partial charge in [0.2, 0.25) is 5.91 Å². The van der Waals surface area contributed by atoms with E-state index >= 15 is 0 Å². The minimum absolute atomic E-state index is 0.0946. The summed E-state index contributed by atoms with van der Waals surface area (Å²) in [6.45, 7) is 11.6. The van der Waals surface area contributed by atoms with E-state index in [0.29, 0.717) is 31.9 Å². The molecule has 122 valence electrons. The van der Waals surface area contributed by atoms with E-state index in [1.54, 1.807) is 6.92 Å². The van der Waals surface area contributed by atoms with Gasteiger partial charge in [-0.2, -0.15) is 5.10 Å². The summed E-state index contributed by atoms with van der Waals surface area (Å²) in [5, 5.41) is 4.39. The third-order valence-electron chi connectivity index (χ3n) is 3.83. The molecule has 1 aromatic rings. The molecule has 2 heterocycles. The fourth-order valence-electron chi connectivity index (χ4n) is 2.76. The fraction of sp³-hybridized carbons (Fsp3) is 0.688. The summed E-state index contributed by atoms with van der Waals surface area (Å²) in [5.74, 6) is -0.312. The number of nitrogens with zero attached hydrogens (tertiary/aromatic N) is 3. The van der Waals surface area contributed by atoms with Crippen LogP contribution in [0.25, 0.3) is 0 Å². The summed E-state index contributed by atoms with van der Waals surface area (Å²) in [6, 6.07) is 0. The number of aryl methyl sites for hydroxylation is 1. The van der Waals surface area contributed by atoms with Gasteiger partial charge in [0.15, 0.2) is 5.69 Å². The summed E-state index contributed by atoms with van der Waals surface area (Å²) in [5.41, 5.74) is 1.81. The van der Waals surface area contributed by atoms with E-state index in [1.165, 1.54) is 0 Å².